The first-order valence-corrected chi connectivity index (χ1v) is 9.49. The molecule has 0 bridgehead atoms. The lowest BCUT2D eigenvalue weighted by Gasteiger charge is -2.31. The van der Waals surface area contributed by atoms with E-state index in [1.165, 1.54) is 4.90 Å². The van der Waals surface area contributed by atoms with Crippen molar-refractivity contribution in [3.05, 3.63) is 70.5 Å². The zero-order valence-electron chi connectivity index (χ0n) is 16.0. The number of amides is 1. The van der Waals surface area contributed by atoms with E-state index in [0.717, 1.165) is 16.6 Å². The molecule has 0 aliphatic carbocycles. The first-order chi connectivity index (χ1) is 13.1. The molecule has 0 aliphatic heterocycles. The summed E-state index contributed by atoms with van der Waals surface area (Å²) < 4.78 is 0.741. The summed E-state index contributed by atoms with van der Waals surface area (Å²) in [5.41, 5.74) is 1.18. The summed E-state index contributed by atoms with van der Waals surface area (Å²) in [6.07, 6.45) is 2.37. The second kappa shape index (κ2) is 9.12. The summed E-state index contributed by atoms with van der Waals surface area (Å²) >= 11 is 3.41. The molecule has 1 amide bonds. The summed E-state index contributed by atoms with van der Waals surface area (Å²) in [6, 6.07) is 10.5. The van der Waals surface area contributed by atoms with Crippen LogP contribution in [0.15, 0.2) is 59.2 Å². The number of carbonyl (C=O) groups is 2. The maximum atomic E-state index is 12.8. The number of rotatable bonds is 6. The average Bonchev–Trinajstić information content (AvgIpc) is 2.63. The van der Waals surface area contributed by atoms with Crippen molar-refractivity contribution >= 4 is 33.5 Å². The van der Waals surface area contributed by atoms with Gasteiger partial charge in [-0.2, -0.15) is 0 Å². The number of aromatic nitrogens is 1. The largest absolute Gasteiger partial charge is 0.478 e. The molecule has 0 saturated carbocycles. The van der Waals surface area contributed by atoms with Gasteiger partial charge in [-0.05, 0) is 35.7 Å². The molecule has 0 spiro atoms. The molecule has 148 valence electrons. The summed E-state index contributed by atoms with van der Waals surface area (Å²) in [7, 11) is 0. The van der Waals surface area contributed by atoms with Gasteiger partial charge in [-0.15, -0.1) is 0 Å². The van der Waals surface area contributed by atoms with Crippen LogP contribution in [0.1, 0.15) is 38.1 Å². The van der Waals surface area contributed by atoms with Crippen LogP contribution in [0.5, 0.6) is 0 Å². The fourth-order valence-corrected chi connectivity index (χ4v) is 3.05. The molecule has 1 aromatic carbocycles. The van der Waals surface area contributed by atoms with Crippen molar-refractivity contribution in [3.8, 4) is 0 Å². The third kappa shape index (κ3) is 6.00. The minimum Gasteiger partial charge on any atom is -0.478 e. The average molecular weight is 447 g/mol. The predicted molar refractivity (Wildman–Crippen MR) is 111 cm³/mol. The van der Waals surface area contributed by atoms with E-state index in [4.69, 9.17) is 5.11 Å². The van der Waals surface area contributed by atoms with Crippen LogP contribution >= 0.6 is 15.9 Å². The van der Waals surface area contributed by atoms with Gasteiger partial charge in [0.25, 0.3) is 5.91 Å². The lowest BCUT2D eigenvalue weighted by atomic mass is 9.94. The number of nitrogens with zero attached hydrogens (tertiary/aromatic N) is 2. The maximum absolute atomic E-state index is 12.8. The number of carboxylic acid groups (broad SMARTS) is 1. The Morgan fingerprint density at radius 2 is 1.93 bits per heavy atom. The van der Waals surface area contributed by atoms with Crippen LogP contribution in [0.25, 0.3) is 0 Å². The Labute approximate surface area is 172 Å². The second-order valence-corrected chi connectivity index (χ2v) is 8.43. The van der Waals surface area contributed by atoms with Crippen molar-refractivity contribution in [2.75, 3.05) is 11.4 Å². The van der Waals surface area contributed by atoms with Gasteiger partial charge in [-0.25, -0.2) is 4.79 Å². The zero-order chi connectivity index (χ0) is 20.9. The van der Waals surface area contributed by atoms with E-state index in [1.807, 2.05) is 20.8 Å². The number of hydrogen-bond donors (Lipinski definition) is 2. The van der Waals surface area contributed by atoms with E-state index in [0.29, 0.717) is 23.5 Å². The van der Waals surface area contributed by atoms with Gasteiger partial charge in [-0.3, -0.25) is 9.78 Å². The van der Waals surface area contributed by atoms with Gasteiger partial charge in [-0.1, -0.05) is 42.8 Å². The van der Waals surface area contributed by atoms with Crippen LogP contribution in [0, 0.1) is 5.41 Å². The molecule has 1 aromatic heterocycles. The van der Waals surface area contributed by atoms with Gasteiger partial charge in [0, 0.05) is 34.9 Å². The molecule has 7 heteroatoms. The highest BCUT2D eigenvalue weighted by molar-refractivity contribution is 9.10. The first-order valence-electron chi connectivity index (χ1n) is 8.69. The Morgan fingerprint density at radius 1 is 1.21 bits per heavy atom. The second-order valence-electron chi connectivity index (χ2n) is 7.52. The third-order valence-electron chi connectivity index (χ3n) is 3.81. The molecule has 2 aromatic rings. The van der Waals surface area contributed by atoms with Crippen LogP contribution in [0.3, 0.4) is 0 Å². The van der Waals surface area contributed by atoms with E-state index in [9.17, 15) is 14.7 Å². The highest BCUT2D eigenvalue weighted by Gasteiger charge is 2.26. The van der Waals surface area contributed by atoms with E-state index in [-0.39, 0.29) is 5.41 Å². The monoisotopic (exact) mass is 446 g/mol. The van der Waals surface area contributed by atoms with Gasteiger partial charge in [0.2, 0.25) is 0 Å². The minimum absolute atomic E-state index is 0.257. The predicted octanol–water partition coefficient (Wildman–Crippen LogP) is 3.95. The molecule has 2 rings (SSSR count). The number of benzene rings is 1. The third-order valence-corrected chi connectivity index (χ3v) is 4.30. The number of carboxylic acids is 1. The van der Waals surface area contributed by atoms with E-state index >= 15 is 0 Å². The van der Waals surface area contributed by atoms with Crippen LogP contribution in [-0.4, -0.2) is 33.6 Å². The zero-order valence-corrected chi connectivity index (χ0v) is 17.5. The van der Waals surface area contributed by atoms with Gasteiger partial charge in [0.1, 0.15) is 6.10 Å². The summed E-state index contributed by atoms with van der Waals surface area (Å²) in [5.74, 6) is -1.68. The first kappa shape index (κ1) is 21.8. The number of aliphatic hydroxyl groups is 1. The highest BCUT2D eigenvalue weighted by Crippen LogP contribution is 2.34. The number of carbonyl (C=O) groups excluding carboxylic acids is 1. The van der Waals surface area contributed by atoms with Crippen LogP contribution in [-0.2, 0) is 9.59 Å². The van der Waals surface area contributed by atoms with Gasteiger partial charge in [0.05, 0.1) is 11.4 Å². The fraction of sp³-hybridized carbons (Fsp3) is 0.286. The smallest absolute Gasteiger partial charge is 0.328 e. The Bertz CT molecular complexity index is 876. The van der Waals surface area contributed by atoms with Gasteiger partial charge < -0.3 is 15.1 Å². The number of aliphatic hydroxyl groups excluding tert-OH is 1. The lowest BCUT2D eigenvalue weighted by molar-refractivity contribution is -0.131. The molecular formula is C21H23BrN2O4. The molecule has 0 saturated heterocycles. The van der Waals surface area contributed by atoms with Crippen molar-refractivity contribution in [1.29, 1.82) is 0 Å². The summed E-state index contributed by atoms with van der Waals surface area (Å²) in [6.45, 7) is 6.26. The minimum atomic E-state index is -1.20. The number of halogens is 1. The number of hydrogen-bond acceptors (Lipinski definition) is 4. The van der Waals surface area contributed by atoms with Crippen molar-refractivity contribution < 1.29 is 19.8 Å². The quantitative estimate of drug-likeness (QED) is 0.655. The number of pyridine rings is 1. The van der Waals surface area contributed by atoms with Gasteiger partial charge in [0.15, 0.2) is 0 Å². The number of anilines is 1. The number of aliphatic carboxylic acids is 1. The van der Waals surface area contributed by atoms with E-state index < -0.39 is 18.0 Å². The molecule has 2 N–H and O–H groups in total. The fourth-order valence-electron chi connectivity index (χ4n) is 2.68. The molecule has 28 heavy (non-hydrogen) atoms. The maximum Gasteiger partial charge on any atom is 0.328 e. The Balaban J connectivity index is 2.56. The molecule has 1 atom stereocenters. The molecule has 0 fully saturated rings. The Hall–Kier alpha value is -2.51. The molecule has 1 heterocycles. The molecule has 6 nitrogen and oxygen atoms in total. The van der Waals surface area contributed by atoms with Crippen molar-refractivity contribution in [2.24, 2.45) is 5.41 Å². The molecule has 1 unspecified atom stereocenters. The van der Waals surface area contributed by atoms with Crippen LogP contribution in [0.4, 0.5) is 5.69 Å². The lowest BCUT2D eigenvalue weighted by Crippen LogP contribution is -2.37. The molecule has 0 aliphatic rings. The van der Waals surface area contributed by atoms with Crippen LogP contribution < -0.4 is 4.90 Å². The van der Waals surface area contributed by atoms with E-state index in [1.54, 1.807) is 42.6 Å². The Kier molecular flexibility index (Phi) is 7.10. The van der Waals surface area contributed by atoms with Crippen LogP contribution in [0.2, 0.25) is 0 Å². The highest BCUT2D eigenvalue weighted by atomic mass is 79.9. The SMILES string of the molecule is CC(C)(C)CN(C(=O)C=CC(=O)O)c1ccc(Br)cc1C(O)c1ccccn1. The molecular weight excluding hydrogens is 424 g/mol. The summed E-state index contributed by atoms with van der Waals surface area (Å²) in [5, 5.41) is 19.8. The van der Waals surface area contributed by atoms with Crippen molar-refractivity contribution in [3.63, 3.8) is 0 Å². The Morgan fingerprint density at radius 3 is 2.50 bits per heavy atom. The normalized spacial score (nSPS) is 12.8. The summed E-state index contributed by atoms with van der Waals surface area (Å²) in [4.78, 5) is 29.3. The topological polar surface area (TPSA) is 90.7 Å². The van der Waals surface area contributed by atoms with Crippen molar-refractivity contribution in [1.82, 2.24) is 4.98 Å². The van der Waals surface area contributed by atoms with E-state index in [2.05, 4.69) is 20.9 Å². The van der Waals surface area contributed by atoms with Crippen molar-refractivity contribution in [2.45, 2.75) is 26.9 Å². The standard InChI is InChI=1S/C21H23BrN2O4/c1-21(2,3)13-24(18(25)9-10-19(26)27)17-8-7-14(22)12-15(17)20(28)16-6-4-5-11-23-16/h4-12,20,28H,13H2,1-3H3,(H,26,27). The molecule has 0 radical (unpaired) electrons. The van der Waals surface area contributed by atoms with Gasteiger partial charge >= 0.3 is 5.97 Å².